The van der Waals surface area contributed by atoms with Gasteiger partial charge in [0.1, 0.15) is 0 Å². The topological polar surface area (TPSA) is 76.8 Å². The average molecular weight is 218 g/mol. The lowest BCUT2D eigenvalue weighted by atomic mass is 9.98. The van der Waals surface area contributed by atoms with E-state index in [-0.39, 0.29) is 5.96 Å². The second-order valence-electron chi connectivity index (χ2n) is 3.96. The van der Waals surface area contributed by atoms with E-state index in [1.54, 1.807) is 0 Å². The Hall–Kier alpha value is -1.84. The molecule has 86 valence electrons. The van der Waals surface area contributed by atoms with Crippen LogP contribution >= 0.6 is 0 Å². The van der Waals surface area contributed by atoms with Crippen molar-refractivity contribution in [2.75, 3.05) is 0 Å². The first kappa shape index (κ1) is 12.2. The van der Waals surface area contributed by atoms with E-state index in [0.717, 1.165) is 11.3 Å². The lowest BCUT2D eigenvalue weighted by molar-refractivity contribution is 1.19. The maximum absolute atomic E-state index is 5.23. The van der Waals surface area contributed by atoms with Gasteiger partial charge < -0.3 is 11.5 Å². The molecule has 0 fully saturated rings. The summed E-state index contributed by atoms with van der Waals surface area (Å²) in [4.78, 5) is 0. The molecular formula is C12H18N4. The monoisotopic (exact) mass is 218 g/mol. The van der Waals surface area contributed by atoms with Gasteiger partial charge in [0.2, 0.25) is 5.96 Å². The number of hydrogen-bond donors (Lipinski definition) is 2. The van der Waals surface area contributed by atoms with Crippen LogP contribution in [0, 0.1) is 20.8 Å². The molecule has 0 aromatic heterocycles. The van der Waals surface area contributed by atoms with Crippen molar-refractivity contribution in [3.8, 4) is 0 Å². The molecule has 0 spiro atoms. The molecule has 16 heavy (non-hydrogen) atoms. The third kappa shape index (κ3) is 2.82. The Morgan fingerprint density at radius 3 is 2.06 bits per heavy atom. The highest BCUT2D eigenvalue weighted by atomic mass is 15.3. The molecular weight excluding hydrogens is 200 g/mol. The molecule has 4 nitrogen and oxygen atoms in total. The zero-order chi connectivity index (χ0) is 12.3. The molecule has 0 unspecified atom stereocenters. The van der Waals surface area contributed by atoms with Gasteiger partial charge in [0, 0.05) is 5.56 Å². The van der Waals surface area contributed by atoms with Crippen LogP contribution in [0.1, 0.15) is 29.2 Å². The van der Waals surface area contributed by atoms with Crippen molar-refractivity contribution in [1.29, 1.82) is 0 Å². The van der Waals surface area contributed by atoms with Crippen LogP contribution in [0.3, 0.4) is 0 Å². The van der Waals surface area contributed by atoms with Crippen LogP contribution in [0.2, 0.25) is 0 Å². The van der Waals surface area contributed by atoms with Crippen molar-refractivity contribution in [1.82, 2.24) is 0 Å². The Kier molecular flexibility index (Phi) is 3.66. The normalized spacial score (nSPS) is 11.4. The van der Waals surface area contributed by atoms with E-state index in [1.807, 2.05) is 6.92 Å². The van der Waals surface area contributed by atoms with E-state index in [0.29, 0.717) is 0 Å². The standard InChI is InChI=1S/C12H18N4/c1-7-5-9(3)11(6-8(7)2)10(4)15-16-12(13)14/h5-6H,1-4H3,(H4,13,14,16)/b15-10-. The van der Waals surface area contributed by atoms with Crippen LogP contribution in [0.4, 0.5) is 0 Å². The van der Waals surface area contributed by atoms with Crippen LogP contribution in [0.5, 0.6) is 0 Å². The number of benzene rings is 1. The Morgan fingerprint density at radius 1 is 0.938 bits per heavy atom. The van der Waals surface area contributed by atoms with Gasteiger partial charge in [0.05, 0.1) is 5.71 Å². The summed E-state index contributed by atoms with van der Waals surface area (Å²) in [6.45, 7) is 8.11. The molecule has 4 heteroatoms. The van der Waals surface area contributed by atoms with E-state index >= 15 is 0 Å². The quantitative estimate of drug-likeness (QED) is 0.449. The third-order valence-electron chi connectivity index (χ3n) is 2.55. The molecule has 0 saturated carbocycles. The molecule has 0 radical (unpaired) electrons. The van der Waals surface area contributed by atoms with Crippen molar-refractivity contribution in [2.45, 2.75) is 27.7 Å². The largest absolute Gasteiger partial charge is 0.369 e. The number of aryl methyl sites for hydroxylation is 3. The van der Waals surface area contributed by atoms with Crippen LogP contribution < -0.4 is 11.5 Å². The second kappa shape index (κ2) is 4.79. The molecule has 0 amide bonds. The summed E-state index contributed by atoms with van der Waals surface area (Å²) in [5.74, 6) is -0.0270. The van der Waals surface area contributed by atoms with E-state index in [9.17, 15) is 0 Å². The first-order chi connectivity index (χ1) is 7.41. The van der Waals surface area contributed by atoms with Crippen molar-refractivity contribution in [3.63, 3.8) is 0 Å². The van der Waals surface area contributed by atoms with E-state index in [2.05, 4.69) is 43.1 Å². The molecule has 0 atom stereocenters. The summed E-state index contributed by atoms with van der Waals surface area (Å²) < 4.78 is 0. The summed E-state index contributed by atoms with van der Waals surface area (Å²) in [5, 5.41) is 7.63. The lowest BCUT2D eigenvalue weighted by Crippen LogP contribution is -2.22. The van der Waals surface area contributed by atoms with Crippen molar-refractivity contribution >= 4 is 11.7 Å². The second-order valence-corrected chi connectivity index (χ2v) is 3.96. The zero-order valence-corrected chi connectivity index (χ0v) is 10.2. The number of nitrogens with two attached hydrogens (primary N) is 2. The van der Waals surface area contributed by atoms with Gasteiger partial charge in [0.15, 0.2) is 0 Å². The number of rotatable bonds is 2. The summed E-state index contributed by atoms with van der Waals surface area (Å²) in [5.41, 5.74) is 16.0. The fraction of sp³-hybridized carbons (Fsp3) is 0.333. The third-order valence-corrected chi connectivity index (χ3v) is 2.55. The van der Waals surface area contributed by atoms with Crippen LogP contribution in [-0.2, 0) is 0 Å². The molecule has 4 N–H and O–H groups in total. The zero-order valence-electron chi connectivity index (χ0n) is 10.2. The minimum absolute atomic E-state index is 0.0270. The molecule has 1 aromatic rings. The Balaban J connectivity index is 3.19. The molecule has 0 heterocycles. The number of guanidine groups is 1. The average Bonchev–Trinajstić information content (AvgIpc) is 2.20. The lowest BCUT2D eigenvalue weighted by Gasteiger charge is -2.08. The van der Waals surface area contributed by atoms with Crippen LogP contribution in [-0.4, -0.2) is 11.7 Å². The number of hydrogen-bond acceptors (Lipinski definition) is 2. The van der Waals surface area contributed by atoms with Gasteiger partial charge >= 0.3 is 0 Å². The van der Waals surface area contributed by atoms with Crippen molar-refractivity contribution < 1.29 is 0 Å². The fourth-order valence-electron chi connectivity index (χ4n) is 1.54. The first-order valence-electron chi connectivity index (χ1n) is 5.13. The van der Waals surface area contributed by atoms with E-state index in [4.69, 9.17) is 11.5 Å². The molecule has 1 aromatic carbocycles. The first-order valence-corrected chi connectivity index (χ1v) is 5.13. The van der Waals surface area contributed by atoms with E-state index in [1.165, 1.54) is 16.7 Å². The Morgan fingerprint density at radius 2 is 1.50 bits per heavy atom. The maximum Gasteiger partial charge on any atom is 0.211 e. The summed E-state index contributed by atoms with van der Waals surface area (Å²) in [6.07, 6.45) is 0. The SMILES string of the molecule is C/C(=N/N=C(N)N)c1cc(C)c(C)cc1C. The number of nitrogens with zero attached hydrogens (tertiary/aromatic N) is 2. The van der Waals surface area contributed by atoms with Gasteiger partial charge in [-0.1, -0.05) is 6.07 Å². The van der Waals surface area contributed by atoms with Gasteiger partial charge in [-0.2, -0.15) is 5.10 Å². The molecule has 0 bridgehead atoms. The maximum atomic E-state index is 5.23. The van der Waals surface area contributed by atoms with Gasteiger partial charge in [-0.3, -0.25) is 0 Å². The van der Waals surface area contributed by atoms with E-state index < -0.39 is 0 Å². The minimum Gasteiger partial charge on any atom is -0.369 e. The summed E-state index contributed by atoms with van der Waals surface area (Å²) >= 11 is 0. The predicted molar refractivity (Wildman–Crippen MR) is 68.7 cm³/mol. The van der Waals surface area contributed by atoms with Crippen molar-refractivity contribution in [2.24, 2.45) is 21.7 Å². The smallest absolute Gasteiger partial charge is 0.211 e. The van der Waals surface area contributed by atoms with Crippen molar-refractivity contribution in [3.05, 3.63) is 34.4 Å². The highest BCUT2D eigenvalue weighted by molar-refractivity contribution is 6.00. The highest BCUT2D eigenvalue weighted by Gasteiger charge is 2.04. The molecule has 0 aliphatic heterocycles. The molecule has 0 aliphatic rings. The summed E-state index contributed by atoms with van der Waals surface area (Å²) in [6, 6.07) is 4.24. The van der Waals surface area contributed by atoms with Crippen LogP contribution in [0.15, 0.2) is 22.3 Å². The fourth-order valence-corrected chi connectivity index (χ4v) is 1.54. The van der Waals surface area contributed by atoms with Gasteiger partial charge in [-0.05, 0) is 50.5 Å². The Bertz CT molecular complexity index is 454. The van der Waals surface area contributed by atoms with Gasteiger partial charge in [0.25, 0.3) is 0 Å². The molecule has 0 saturated heterocycles. The van der Waals surface area contributed by atoms with Crippen LogP contribution in [0.25, 0.3) is 0 Å². The highest BCUT2D eigenvalue weighted by Crippen LogP contribution is 2.16. The summed E-state index contributed by atoms with van der Waals surface area (Å²) in [7, 11) is 0. The minimum atomic E-state index is -0.0270. The Labute approximate surface area is 96.1 Å². The molecule has 1 rings (SSSR count). The van der Waals surface area contributed by atoms with Gasteiger partial charge in [-0.15, -0.1) is 5.10 Å². The predicted octanol–water partition coefficient (Wildman–Crippen LogP) is 1.61. The molecule has 0 aliphatic carbocycles. The van der Waals surface area contributed by atoms with Gasteiger partial charge in [-0.25, -0.2) is 0 Å².